The van der Waals surface area contributed by atoms with Gasteiger partial charge >= 0.3 is 0 Å². The Morgan fingerprint density at radius 1 is 1.17 bits per heavy atom. The van der Waals surface area contributed by atoms with Gasteiger partial charge in [0, 0.05) is 10.6 Å². The maximum absolute atomic E-state index is 5.98. The molecule has 3 aromatic rings. The summed E-state index contributed by atoms with van der Waals surface area (Å²) in [6.45, 7) is 0.908. The monoisotopic (exact) mass is 330 g/mol. The van der Waals surface area contributed by atoms with Gasteiger partial charge in [-0.15, -0.1) is 4.79 Å². The Balaban J connectivity index is 1.67. The van der Waals surface area contributed by atoms with Crippen LogP contribution in [0.25, 0.3) is 0 Å². The van der Waals surface area contributed by atoms with Crippen molar-refractivity contribution in [2.75, 3.05) is 11.2 Å². The molecule has 118 valence electrons. The molecule has 0 aliphatic carbocycles. The molecule has 0 spiro atoms. The van der Waals surface area contributed by atoms with Crippen LogP contribution < -0.4 is 15.9 Å². The first-order valence-corrected chi connectivity index (χ1v) is 7.33. The quantitative estimate of drug-likeness (QED) is 0.720. The highest BCUT2D eigenvalue weighted by molar-refractivity contribution is 6.30. The number of anilines is 1. The number of aromatic nitrogens is 4. The Morgan fingerprint density at radius 2 is 2.04 bits per heavy atom. The molecule has 7 nitrogen and oxygen atoms in total. The maximum Gasteiger partial charge on any atom is 0.260 e. The number of ether oxygens (including phenoxy) is 1. The van der Waals surface area contributed by atoms with Gasteiger partial charge in [-0.25, -0.2) is 0 Å². The summed E-state index contributed by atoms with van der Waals surface area (Å²) in [7, 11) is 0. The van der Waals surface area contributed by atoms with Crippen LogP contribution in [0.5, 0.6) is 5.75 Å². The summed E-state index contributed by atoms with van der Waals surface area (Å²) in [5.74, 6) is 0.967. The fourth-order valence-corrected chi connectivity index (χ4v) is 2.26. The molecule has 3 N–H and O–H groups in total. The normalized spacial score (nSPS) is 10.5. The van der Waals surface area contributed by atoms with E-state index in [2.05, 4.69) is 21.0 Å². The van der Waals surface area contributed by atoms with Crippen LogP contribution in [0, 0.1) is 0 Å². The van der Waals surface area contributed by atoms with Gasteiger partial charge in [-0.3, -0.25) is 0 Å². The van der Waals surface area contributed by atoms with Gasteiger partial charge in [0.2, 0.25) is 0 Å². The number of benzene rings is 2. The van der Waals surface area contributed by atoms with Crippen molar-refractivity contribution >= 4 is 17.5 Å². The molecular weight excluding hydrogens is 316 g/mol. The van der Waals surface area contributed by atoms with Gasteiger partial charge < -0.3 is 15.9 Å². The van der Waals surface area contributed by atoms with Gasteiger partial charge in [0.1, 0.15) is 12.4 Å². The zero-order chi connectivity index (χ0) is 16.1. The van der Waals surface area contributed by atoms with Crippen molar-refractivity contribution in [2.45, 2.75) is 13.2 Å². The molecule has 2 aromatic carbocycles. The average molecular weight is 331 g/mol. The molecule has 1 heterocycles. The summed E-state index contributed by atoms with van der Waals surface area (Å²) in [6.07, 6.45) is 0. The third-order valence-electron chi connectivity index (χ3n) is 3.17. The molecule has 0 aliphatic rings. The molecule has 0 fully saturated rings. The second-order valence-corrected chi connectivity index (χ2v) is 5.25. The number of halogens is 1. The second-order valence-electron chi connectivity index (χ2n) is 4.81. The van der Waals surface area contributed by atoms with Crippen LogP contribution in [0.4, 0.5) is 5.95 Å². The van der Waals surface area contributed by atoms with Crippen molar-refractivity contribution in [3.63, 3.8) is 0 Å². The molecule has 0 amide bonds. The number of nitrogen functional groups attached to an aromatic ring is 1. The Labute approximate surface area is 138 Å². The fraction of sp³-hybridized carbons (Fsp3) is 0.133. The van der Waals surface area contributed by atoms with E-state index < -0.39 is 0 Å². The van der Waals surface area contributed by atoms with Crippen LogP contribution in [0.15, 0.2) is 48.5 Å². The van der Waals surface area contributed by atoms with Gasteiger partial charge in [0.25, 0.3) is 5.95 Å². The molecule has 0 bridgehead atoms. The van der Waals surface area contributed by atoms with E-state index in [-0.39, 0.29) is 5.95 Å². The van der Waals surface area contributed by atoms with Crippen molar-refractivity contribution in [3.05, 3.63) is 64.7 Å². The molecule has 0 saturated heterocycles. The summed E-state index contributed by atoms with van der Waals surface area (Å²) in [5, 5.41) is 11.5. The van der Waals surface area contributed by atoms with Crippen molar-refractivity contribution in [1.29, 1.82) is 0 Å². The Morgan fingerprint density at radius 3 is 2.83 bits per heavy atom. The lowest BCUT2D eigenvalue weighted by molar-refractivity contribution is 0.303. The van der Waals surface area contributed by atoms with E-state index in [1.165, 1.54) is 4.79 Å². The number of para-hydroxylation sites is 1. The minimum Gasteiger partial charge on any atom is -0.489 e. The van der Waals surface area contributed by atoms with Gasteiger partial charge in [-0.1, -0.05) is 47.0 Å². The van der Waals surface area contributed by atoms with Crippen LogP contribution in [0.3, 0.4) is 0 Å². The van der Waals surface area contributed by atoms with Crippen LogP contribution in [-0.2, 0) is 13.2 Å². The minimum absolute atomic E-state index is 0.197. The van der Waals surface area contributed by atoms with Gasteiger partial charge in [0.15, 0.2) is 0 Å². The van der Waals surface area contributed by atoms with E-state index in [1.807, 2.05) is 48.5 Å². The molecule has 3 rings (SSSR count). The van der Waals surface area contributed by atoms with Crippen molar-refractivity contribution < 1.29 is 4.74 Å². The number of nitrogens with two attached hydrogens (primary N) is 1. The first kappa shape index (κ1) is 15.1. The molecule has 8 heteroatoms. The van der Waals surface area contributed by atoms with E-state index in [0.29, 0.717) is 18.2 Å². The summed E-state index contributed by atoms with van der Waals surface area (Å²) in [5.41, 5.74) is 10.6. The first-order chi connectivity index (χ1) is 11.2. The fourth-order valence-electron chi connectivity index (χ4n) is 2.05. The standard InChI is InChI=1S/C15H15ClN6O/c16-13-6-3-4-11(8-13)10-23-14-7-2-1-5-12(14)9-18-22-15(17)19-20-21-22/h1-8,18H,9-10H2,(H2,17,19,21). The molecule has 0 aliphatic heterocycles. The van der Waals surface area contributed by atoms with Crippen LogP contribution in [-0.4, -0.2) is 20.3 Å². The lowest BCUT2D eigenvalue weighted by Crippen LogP contribution is -2.18. The zero-order valence-corrected chi connectivity index (χ0v) is 12.9. The first-order valence-electron chi connectivity index (χ1n) is 6.95. The summed E-state index contributed by atoms with van der Waals surface area (Å²) in [6, 6.07) is 15.3. The van der Waals surface area contributed by atoms with Crippen molar-refractivity contribution in [1.82, 2.24) is 20.3 Å². The van der Waals surface area contributed by atoms with E-state index in [4.69, 9.17) is 22.1 Å². The summed E-state index contributed by atoms with van der Waals surface area (Å²) in [4.78, 5) is 1.31. The molecule has 0 saturated carbocycles. The molecule has 23 heavy (non-hydrogen) atoms. The molecular formula is C15H15ClN6O. The molecule has 0 radical (unpaired) electrons. The number of tetrazole rings is 1. The predicted molar refractivity (Wildman–Crippen MR) is 87.5 cm³/mol. The smallest absolute Gasteiger partial charge is 0.260 e. The SMILES string of the molecule is Nc1nnnn1NCc1ccccc1OCc1cccc(Cl)c1. The molecule has 0 atom stereocenters. The third-order valence-corrected chi connectivity index (χ3v) is 3.40. The highest BCUT2D eigenvalue weighted by Crippen LogP contribution is 2.20. The minimum atomic E-state index is 0.197. The number of nitrogens with one attached hydrogen (secondary N) is 1. The van der Waals surface area contributed by atoms with Crippen LogP contribution in [0.1, 0.15) is 11.1 Å². The molecule has 0 unspecified atom stereocenters. The highest BCUT2D eigenvalue weighted by Gasteiger charge is 2.06. The third kappa shape index (κ3) is 3.89. The van der Waals surface area contributed by atoms with E-state index >= 15 is 0 Å². The number of nitrogens with zero attached hydrogens (tertiary/aromatic N) is 4. The summed E-state index contributed by atoms with van der Waals surface area (Å²) < 4.78 is 5.89. The average Bonchev–Trinajstić information content (AvgIpc) is 2.97. The largest absolute Gasteiger partial charge is 0.489 e. The number of rotatable bonds is 6. The van der Waals surface area contributed by atoms with E-state index in [1.54, 1.807) is 0 Å². The zero-order valence-electron chi connectivity index (χ0n) is 12.2. The van der Waals surface area contributed by atoms with Crippen molar-refractivity contribution in [2.24, 2.45) is 0 Å². The van der Waals surface area contributed by atoms with Gasteiger partial charge in [0.05, 0.1) is 6.54 Å². The Hall–Kier alpha value is -2.80. The lowest BCUT2D eigenvalue weighted by atomic mass is 10.2. The van der Waals surface area contributed by atoms with E-state index in [9.17, 15) is 0 Å². The Bertz CT molecular complexity index is 791. The summed E-state index contributed by atoms with van der Waals surface area (Å²) >= 11 is 5.98. The maximum atomic E-state index is 5.98. The molecule has 1 aromatic heterocycles. The Kier molecular flexibility index (Phi) is 4.58. The van der Waals surface area contributed by atoms with Gasteiger partial charge in [-0.2, -0.15) is 0 Å². The number of hydrogen-bond acceptors (Lipinski definition) is 6. The van der Waals surface area contributed by atoms with Crippen LogP contribution in [0.2, 0.25) is 5.02 Å². The predicted octanol–water partition coefficient (Wildman–Crippen LogP) is 2.23. The van der Waals surface area contributed by atoms with Crippen molar-refractivity contribution in [3.8, 4) is 5.75 Å². The number of hydrogen-bond donors (Lipinski definition) is 2. The van der Waals surface area contributed by atoms with E-state index in [0.717, 1.165) is 16.9 Å². The van der Waals surface area contributed by atoms with Gasteiger partial charge in [-0.05, 0) is 34.2 Å². The lowest BCUT2D eigenvalue weighted by Gasteiger charge is -2.12. The second kappa shape index (κ2) is 6.97. The van der Waals surface area contributed by atoms with Crippen LogP contribution >= 0.6 is 11.6 Å². The topological polar surface area (TPSA) is 90.9 Å². The highest BCUT2D eigenvalue weighted by atomic mass is 35.5.